The van der Waals surface area contributed by atoms with E-state index in [0.29, 0.717) is 48.6 Å². The minimum atomic E-state index is -1.39. The third-order valence-corrected chi connectivity index (χ3v) is 11.6. The van der Waals surface area contributed by atoms with Crippen molar-refractivity contribution >= 4 is 11.8 Å². The standard InChI is InChI=1S/C47H59FN2O8/c1-4-24-50(46(53)54-6-3)43-30-41(49-57-31-33-16-8-7-9-17-33)38-28-34(18-12-14-25-51)37(20-13-15-26-52)44-39-29-36(55-32-35-19-10-11-21-40(35)48)22-23-42(39)58-47(43,45(38)44)56-27-5-2/h5,7-11,16-17,19,21-23,28-29,34,37,43-45,51-52H,2,4,6,12-15,18,20,24-27,30-32H2,1,3H3/t34-,37+,43-,44+,45+,47+/m0/s1. The first kappa shape index (κ1) is 42.9. The molecule has 3 aliphatic rings. The molecule has 6 rings (SSSR count). The summed E-state index contributed by atoms with van der Waals surface area (Å²) < 4.78 is 40.9. The van der Waals surface area contributed by atoms with Gasteiger partial charge >= 0.3 is 6.09 Å². The molecule has 1 fully saturated rings. The number of halogens is 1. The van der Waals surface area contributed by atoms with E-state index in [0.717, 1.165) is 42.4 Å². The first-order valence-electron chi connectivity index (χ1n) is 20.9. The number of oxime groups is 1. The first-order valence-corrected chi connectivity index (χ1v) is 20.9. The Labute approximate surface area is 342 Å². The third-order valence-electron chi connectivity index (χ3n) is 11.6. The summed E-state index contributed by atoms with van der Waals surface area (Å²) in [5, 5.41) is 24.6. The summed E-state index contributed by atoms with van der Waals surface area (Å²) in [4.78, 5) is 21.9. The monoisotopic (exact) mass is 798 g/mol. The number of unbranched alkanes of at least 4 members (excludes halogenated alkanes) is 2. The number of carbonyl (C=O) groups excluding carboxylic acids is 1. The predicted molar refractivity (Wildman–Crippen MR) is 221 cm³/mol. The molecule has 1 saturated carbocycles. The number of carbonyl (C=O) groups is 1. The van der Waals surface area contributed by atoms with Crippen LogP contribution in [-0.4, -0.2) is 71.7 Å². The zero-order valence-electron chi connectivity index (χ0n) is 33.9. The van der Waals surface area contributed by atoms with E-state index in [1.807, 2.05) is 55.5 Å². The maximum Gasteiger partial charge on any atom is 0.410 e. The number of benzene rings is 3. The van der Waals surface area contributed by atoms with Crippen LogP contribution in [0.2, 0.25) is 0 Å². The number of hydrogen-bond donors (Lipinski definition) is 2. The van der Waals surface area contributed by atoms with Gasteiger partial charge in [-0.1, -0.05) is 85.6 Å². The molecule has 312 valence electrons. The molecule has 3 aromatic carbocycles. The number of fused-ring (bicyclic) bond motifs is 2. The van der Waals surface area contributed by atoms with Crippen LogP contribution < -0.4 is 9.47 Å². The molecule has 1 amide bonds. The molecule has 0 unspecified atom stereocenters. The zero-order valence-corrected chi connectivity index (χ0v) is 33.9. The number of nitrogens with zero attached hydrogens (tertiary/aromatic N) is 2. The van der Waals surface area contributed by atoms with Crippen LogP contribution in [0.4, 0.5) is 9.18 Å². The van der Waals surface area contributed by atoms with Crippen molar-refractivity contribution in [2.75, 3.05) is 33.0 Å². The average Bonchev–Trinajstić information content (AvgIpc) is 3.24. The Morgan fingerprint density at radius 3 is 2.48 bits per heavy atom. The smallest absolute Gasteiger partial charge is 0.410 e. The van der Waals surface area contributed by atoms with Gasteiger partial charge < -0.3 is 34.0 Å². The highest BCUT2D eigenvalue weighted by Crippen LogP contribution is 2.62. The van der Waals surface area contributed by atoms with Crippen LogP contribution in [0, 0.1) is 23.6 Å². The molecular formula is C47H59FN2O8. The van der Waals surface area contributed by atoms with E-state index >= 15 is 0 Å². The lowest BCUT2D eigenvalue weighted by molar-refractivity contribution is -0.255. The summed E-state index contributed by atoms with van der Waals surface area (Å²) >= 11 is 0. The van der Waals surface area contributed by atoms with Crippen LogP contribution in [0.15, 0.2) is 102 Å². The fraction of sp³-hybridized carbons (Fsp3) is 0.489. The fourth-order valence-corrected chi connectivity index (χ4v) is 9.10. The summed E-state index contributed by atoms with van der Waals surface area (Å²) in [6, 6.07) is 21.5. The predicted octanol–water partition coefficient (Wildman–Crippen LogP) is 9.11. The number of aliphatic hydroxyl groups excluding tert-OH is 2. The van der Waals surface area contributed by atoms with Crippen LogP contribution >= 0.6 is 0 Å². The highest BCUT2D eigenvalue weighted by molar-refractivity contribution is 6.03. The molecule has 10 nitrogen and oxygen atoms in total. The third kappa shape index (κ3) is 9.59. The highest BCUT2D eigenvalue weighted by Gasteiger charge is 2.65. The van der Waals surface area contributed by atoms with Gasteiger partial charge in [0.15, 0.2) is 0 Å². The molecule has 1 aliphatic heterocycles. The van der Waals surface area contributed by atoms with Gasteiger partial charge in [-0.05, 0) is 86.3 Å². The second-order valence-corrected chi connectivity index (χ2v) is 15.3. The molecule has 2 N–H and O–H groups in total. The van der Waals surface area contributed by atoms with E-state index in [9.17, 15) is 19.4 Å². The Kier molecular flexibility index (Phi) is 15.4. The molecule has 2 aliphatic carbocycles. The van der Waals surface area contributed by atoms with Crippen molar-refractivity contribution in [3.63, 3.8) is 0 Å². The Bertz CT molecular complexity index is 1870. The van der Waals surface area contributed by atoms with E-state index in [1.165, 1.54) is 6.07 Å². The Balaban J connectivity index is 1.55. The van der Waals surface area contributed by atoms with Gasteiger partial charge in [0.2, 0.25) is 5.79 Å². The van der Waals surface area contributed by atoms with E-state index in [1.54, 1.807) is 36.1 Å². The van der Waals surface area contributed by atoms with Gasteiger partial charge in [-0.2, -0.15) is 0 Å². The minimum absolute atomic E-state index is 0.0441. The van der Waals surface area contributed by atoms with Crippen LogP contribution in [0.1, 0.15) is 87.8 Å². The first-order chi connectivity index (χ1) is 28.4. The Morgan fingerprint density at radius 2 is 1.76 bits per heavy atom. The van der Waals surface area contributed by atoms with E-state index in [-0.39, 0.29) is 69.6 Å². The zero-order chi connectivity index (χ0) is 40.9. The van der Waals surface area contributed by atoms with Crippen molar-refractivity contribution in [2.24, 2.45) is 22.9 Å². The van der Waals surface area contributed by atoms with Gasteiger partial charge in [0.05, 0.1) is 24.8 Å². The molecule has 0 bridgehead atoms. The lowest BCUT2D eigenvalue weighted by atomic mass is 9.55. The summed E-state index contributed by atoms with van der Waals surface area (Å²) in [6.07, 6.45) is 9.04. The summed E-state index contributed by atoms with van der Waals surface area (Å²) in [5.74, 6) is -1.13. The van der Waals surface area contributed by atoms with Crippen molar-refractivity contribution in [1.29, 1.82) is 0 Å². The second-order valence-electron chi connectivity index (χ2n) is 15.3. The molecule has 58 heavy (non-hydrogen) atoms. The fourth-order valence-electron chi connectivity index (χ4n) is 9.10. The van der Waals surface area contributed by atoms with Gasteiger partial charge in [0.25, 0.3) is 0 Å². The maximum atomic E-state index is 14.7. The van der Waals surface area contributed by atoms with Crippen molar-refractivity contribution in [3.8, 4) is 11.5 Å². The van der Waals surface area contributed by atoms with E-state index < -0.39 is 23.8 Å². The lowest BCUT2D eigenvalue weighted by Gasteiger charge is -2.59. The average molecular weight is 799 g/mol. The van der Waals surface area contributed by atoms with E-state index in [2.05, 4.69) is 12.7 Å². The van der Waals surface area contributed by atoms with Gasteiger partial charge in [0.1, 0.15) is 36.6 Å². The van der Waals surface area contributed by atoms with Crippen molar-refractivity contribution in [3.05, 3.63) is 120 Å². The number of hydrogen-bond acceptors (Lipinski definition) is 9. The quantitative estimate of drug-likeness (QED) is 0.0623. The maximum absolute atomic E-state index is 14.7. The van der Waals surface area contributed by atoms with Crippen LogP contribution in [0.25, 0.3) is 0 Å². The normalized spacial score (nSPS) is 23.8. The number of allylic oxidation sites excluding steroid dienone is 1. The topological polar surface area (TPSA) is 119 Å². The molecule has 3 aromatic rings. The molecule has 0 aromatic heterocycles. The Morgan fingerprint density at radius 1 is 1.00 bits per heavy atom. The Hall–Kier alpha value is -4.71. The largest absolute Gasteiger partial charge is 0.489 e. The molecule has 0 saturated heterocycles. The number of amides is 1. The van der Waals surface area contributed by atoms with Crippen molar-refractivity contribution in [2.45, 2.75) is 96.2 Å². The van der Waals surface area contributed by atoms with Gasteiger partial charge in [-0.15, -0.1) is 6.58 Å². The molecule has 1 heterocycles. The van der Waals surface area contributed by atoms with Crippen LogP contribution in [0.5, 0.6) is 11.5 Å². The van der Waals surface area contributed by atoms with Gasteiger partial charge in [0, 0.05) is 43.2 Å². The molecule has 6 atom stereocenters. The molecule has 0 spiro atoms. The highest BCUT2D eigenvalue weighted by atomic mass is 19.1. The van der Waals surface area contributed by atoms with Crippen molar-refractivity contribution < 1.29 is 43.2 Å². The van der Waals surface area contributed by atoms with E-state index in [4.69, 9.17) is 28.9 Å². The minimum Gasteiger partial charge on any atom is -0.489 e. The van der Waals surface area contributed by atoms with Crippen LogP contribution in [-0.2, 0) is 27.5 Å². The lowest BCUT2D eigenvalue weighted by Crippen LogP contribution is -2.70. The number of rotatable bonds is 21. The SMILES string of the molecule is C=CCO[C@@]12Oc3ccc(OCc4ccccc4F)cc3[C@H]3[C@H](CCCCO)[C@@H](CCCCO)C=C(C(=NOCc4ccccc4)C[C@@H]1N(CCC)C(=O)OCC)[C@H]32. The molecule has 0 radical (unpaired) electrons. The molecular weight excluding hydrogens is 740 g/mol. The van der Waals surface area contributed by atoms with Crippen LogP contribution in [0.3, 0.4) is 0 Å². The summed E-state index contributed by atoms with van der Waals surface area (Å²) in [5.41, 5.74) is 3.99. The summed E-state index contributed by atoms with van der Waals surface area (Å²) in [7, 11) is 0. The van der Waals surface area contributed by atoms with Gasteiger partial charge in [-0.3, -0.25) is 4.90 Å². The summed E-state index contributed by atoms with van der Waals surface area (Å²) in [6.45, 7) is 9.05. The number of ether oxygens (including phenoxy) is 4. The van der Waals surface area contributed by atoms with Gasteiger partial charge in [-0.25, -0.2) is 9.18 Å². The van der Waals surface area contributed by atoms with Crippen molar-refractivity contribution in [1.82, 2.24) is 4.90 Å². The number of aliphatic hydroxyl groups is 2. The second kappa shape index (κ2) is 20.8. The molecule has 11 heteroatoms.